The average molecular weight is 395 g/mol. The summed E-state index contributed by atoms with van der Waals surface area (Å²) in [7, 11) is 0. The van der Waals surface area contributed by atoms with Gasteiger partial charge in [0.1, 0.15) is 24.4 Å². The number of aliphatic hydroxyl groups is 4. The van der Waals surface area contributed by atoms with Crippen molar-refractivity contribution in [1.29, 1.82) is 0 Å². The maximum Gasteiger partial charge on any atom is 0.227 e. The SMILES string of the molecule is O=C(Nc1ccc(CCO[C@@H]2O[C@H](CO)[C@@H](O)[C@H](O)[C@H]2O)cc1)C1CCCC1. The van der Waals surface area contributed by atoms with Gasteiger partial charge in [-0.2, -0.15) is 0 Å². The Morgan fingerprint density at radius 2 is 1.75 bits per heavy atom. The van der Waals surface area contributed by atoms with Crippen molar-refractivity contribution in [1.82, 2.24) is 0 Å². The summed E-state index contributed by atoms with van der Waals surface area (Å²) in [6.45, 7) is -0.269. The van der Waals surface area contributed by atoms with Crippen LogP contribution in [0.1, 0.15) is 31.2 Å². The second-order valence-electron chi connectivity index (χ2n) is 7.49. The summed E-state index contributed by atoms with van der Waals surface area (Å²) in [4.78, 5) is 12.2. The molecule has 1 aromatic carbocycles. The molecule has 0 aromatic heterocycles. The van der Waals surface area contributed by atoms with E-state index in [1.165, 1.54) is 0 Å². The lowest BCUT2D eigenvalue weighted by Gasteiger charge is -2.39. The number of nitrogens with one attached hydrogen (secondary N) is 1. The molecule has 1 aliphatic carbocycles. The molecule has 0 bridgehead atoms. The molecule has 3 rings (SSSR count). The second kappa shape index (κ2) is 9.78. The Balaban J connectivity index is 1.45. The Morgan fingerprint density at radius 1 is 1.07 bits per heavy atom. The molecule has 1 aliphatic heterocycles. The monoisotopic (exact) mass is 395 g/mol. The number of carbonyl (C=O) groups excluding carboxylic acids is 1. The van der Waals surface area contributed by atoms with Crippen LogP contribution in [0.3, 0.4) is 0 Å². The Hall–Kier alpha value is -1.55. The highest BCUT2D eigenvalue weighted by molar-refractivity contribution is 5.92. The lowest BCUT2D eigenvalue weighted by molar-refractivity contribution is -0.300. The minimum atomic E-state index is -1.45. The molecule has 2 fully saturated rings. The number of ether oxygens (including phenoxy) is 2. The quantitative estimate of drug-likeness (QED) is 0.445. The van der Waals surface area contributed by atoms with Gasteiger partial charge in [-0.1, -0.05) is 25.0 Å². The number of carbonyl (C=O) groups is 1. The fourth-order valence-corrected chi connectivity index (χ4v) is 3.69. The van der Waals surface area contributed by atoms with E-state index < -0.39 is 37.3 Å². The highest BCUT2D eigenvalue weighted by Crippen LogP contribution is 2.26. The third-order valence-corrected chi connectivity index (χ3v) is 5.47. The topological polar surface area (TPSA) is 128 Å². The van der Waals surface area contributed by atoms with Crippen LogP contribution in [-0.2, 0) is 20.7 Å². The summed E-state index contributed by atoms with van der Waals surface area (Å²) in [6, 6.07) is 7.47. The lowest BCUT2D eigenvalue weighted by atomic mass is 9.99. The van der Waals surface area contributed by atoms with Gasteiger partial charge in [-0.15, -0.1) is 0 Å². The van der Waals surface area contributed by atoms with E-state index in [-0.39, 0.29) is 18.4 Å². The normalized spacial score (nSPS) is 31.1. The molecule has 1 aromatic rings. The predicted octanol–water partition coefficient (Wildman–Crippen LogP) is 0.174. The first kappa shape index (κ1) is 21.2. The first-order chi connectivity index (χ1) is 13.5. The van der Waals surface area contributed by atoms with Gasteiger partial charge in [0.15, 0.2) is 6.29 Å². The van der Waals surface area contributed by atoms with Crippen molar-refractivity contribution >= 4 is 11.6 Å². The predicted molar refractivity (Wildman–Crippen MR) is 100 cm³/mol. The smallest absolute Gasteiger partial charge is 0.227 e. The van der Waals surface area contributed by atoms with E-state index in [1.54, 1.807) is 0 Å². The first-order valence-corrected chi connectivity index (χ1v) is 9.81. The van der Waals surface area contributed by atoms with Gasteiger partial charge < -0.3 is 35.2 Å². The zero-order valence-corrected chi connectivity index (χ0v) is 15.7. The molecular formula is C20H29NO7. The molecule has 1 amide bonds. The van der Waals surface area contributed by atoms with E-state index >= 15 is 0 Å². The summed E-state index contributed by atoms with van der Waals surface area (Å²) in [5, 5.41) is 41.6. The standard InChI is InChI=1S/C20H29NO7/c22-11-15-16(23)17(24)18(25)20(28-15)27-10-9-12-5-7-14(8-6-12)21-19(26)13-3-1-2-4-13/h5-8,13,15-18,20,22-25H,1-4,9-11H2,(H,21,26)/t15-,16-,17+,18-,20-/m1/s1. The Labute approximate surface area is 164 Å². The molecule has 5 atom stereocenters. The molecule has 8 heteroatoms. The number of anilines is 1. The van der Waals surface area contributed by atoms with Gasteiger partial charge in [-0.3, -0.25) is 4.79 Å². The third kappa shape index (κ3) is 5.08. The van der Waals surface area contributed by atoms with Crippen LogP contribution in [0, 0.1) is 5.92 Å². The van der Waals surface area contributed by atoms with Crippen LogP contribution in [0.25, 0.3) is 0 Å². The Morgan fingerprint density at radius 3 is 2.39 bits per heavy atom. The van der Waals surface area contributed by atoms with E-state index in [2.05, 4.69) is 5.32 Å². The van der Waals surface area contributed by atoms with Crippen LogP contribution in [0.4, 0.5) is 5.69 Å². The number of benzene rings is 1. The number of hydrogen-bond donors (Lipinski definition) is 5. The minimum Gasteiger partial charge on any atom is -0.394 e. The van der Waals surface area contributed by atoms with Crippen molar-refractivity contribution in [2.75, 3.05) is 18.5 Å². The zero-order chi connectivity index (χ0) is 20.1. The van der Waals surface area contributed by atoms with Gasteiger partial charge in [0.25, 0.3) is 0 Å². The van der Waals surface area contributed by atoms with Crippen molar-refractivity contribution in [2.45, 2.75) is 62.8 Å². The highest BCUT2D eigenvalue weighted by Gasteiger charge is 2.43. The van der Waals surface area contributed by atoms with E-state index in [4.69, 9.17) is 9.47 Å². The maximum absolute atomic E-state index is 12.2. The molecule has 0 spiro atoms. The molecule has 0 unspecified atom stereocenters. The van der Waals surface area contributed by atoms with E-state index in [0.29, 0.717) is 6.42 Å². The largest absolute Gasteiger partial charge is 0.394 e. The molecule has 1 heterocycles. The van der Waals surface area contributed by atoms with Crippen LogP contribution in [0.5, 0.6) is 0 Å². The van der Waals surface area contributed by atoms with Crippen molar-refractivity contribution in [3.63, 3.8) is 0 Å². The van der Waals surface area contributed by atoms with E-state index in [9.17, 15) is 25.2 Å². The van der Waals surface area contributed by atoms with Crippen molar-refractivity contribution < 1.29 is 34.7 Å². The van der Waals surface area contributed by atoms with Gasteiger partial charge in [0.2, 0.25) is 5.91 Å². The second-order valence-corrected chi connectivity index (χ2v) is 7.49. The molecule has 5 N–H and O–H groups in total. The molecular weight excluding hydrogens is 366 g/mol. The molecule has 2 aliphatic rings. The Kier molecular flexibility index (Phi) is 7.39. The molecule has 0 radical (unpaired) electrons. The van der Waals surface area contributed by atoms with Crippen molar-refractivity contribution in [3.05, 3.63) is 29.8 Å². The van der Waals surface area contributed by atoms with Gasteiger partial charge in [-0.05, 0) is 37.0 Å². The van der Waals surface area contributed by atoms with E-state index in [0.717, 1.165) is 36.9 Å². The van der Waals surface area contributed by atoms with E-state index in [1.807, 2.05) is 24.3 Å². The Bertz CT molecular complexity index is 630. The number of hydrogen-bond acceptors (Lipinski definition) is 7. The number of aliphatic hydroxyl groups excluding tert-OH is 4. The van der Waals surface area contributed by atoms with Crippen LogP contribution in [0.2, 0.25) is 0 Å². The van der Waals surface area contributed by atoms with Crippen molar-refractivity contribution in [3.8, 4) is 0 Å². The van der Waals surface area contributed by atoms with Gasteiger partial charge in [-0.25, -0.2) is 0 Å². The molecule has 1 saturated heterocycles. The number of amides is 1. The fourth-order valence-electron chi connectivity index (χ4n) is 3.69. The molecule has 28 heavy (non-hydrogen) atoms. The van der Waals surface area contributed by atoms with Crippen LogP contribution < -0.4 is 5.32 Å². The highest BCUT2D eigenvalue weighted by atomic mass is 16.7. The first-order valence-electron chi connectivity index (χ1n) is 9.81. The van der Waals surface area contributed by atoms with Gasteiger partial charge in [0, 0.05) is 11.6 Å². The summed E-state index contributed by atoms with van der Waals surface area (Å²) < 4.78 is 10.8. The fraction of sp³-hybridized carbons (Fsp3) is 0.650. The third-order valence-electron chi connectivity index (χ3n) is 5.47. The van der Waals surface area contributed by atoms with Crippen LogP contribution in [-0.4, -0.2) is 70.3 Å². The average Bonchev–Trinajstić information content (AvgIpc) is 3.24. The lowest BCUT2D eigenvalue weighted by Crippen LogP contribution is -2.59. The summed E-state index contributed by atoms with van der Waals surface area (Å²) in [6.07, 6.45) is -1.66. The summed E-state index contributed by atoms with van der Waals surface area (Å²) in [5.41, 5.74) is 1.74. The van der Waals surface area contributed by atoms with Crippen LogP contribution in [0.15, 0.2) is 24.3 Å². The van der Waals surface area contributed by atoms with Gasteiger partial charge >= 0.3 is 0 Å². The summed E-state index contributed by atoms with van der Waals surface area (Å²) in [5.74, 6) is 0.197. The minimum absolute atomic E-state index is 0.0798. The zero-order valence-electron chi connectivity index (χ0n) is 15.7. The van der Waals surface area contributed by atoms with Crippen LogP contribution >= 0.6 is 0 Å². The van der Waals surface area contributed by atoms with Crippen molar-refractivity contribution in [2.24, 2.45) is 5.92 Å². The molecule has 1 saturated carbocycles. The molecule has 156 valence electrons. The maximum atomic E-state index is 12.2. The summed E-state index contributed by atoms with van der Waals surface area (Å²) >= 11 is 0. The molecule has 8 nitrogen and oxygen atoms in total. The number of rotatable bonds is 7. The van der Waals surface area contributed by atoms with Gasteiger partial charge in [0.05, 0.1) is 13.2 Å².